The van der Waals surface area contributed by atoms with Crippen LogP contribution >= 0.6 is 0 Å². The standard InChI is InChI=1S/C22H21N3O3S/c1-15-16(2)24-28-22(15)25-29(26,27)21-13-7-10-18-19(21)11-6-12-20(18)23-14-17-8-4-3-5-9-17/h3-13,23,25H,14H2,1-2H3. The second-order valence-corrected chi connectivity index (χ2v) is 8.47. The molecule has 4 aromatic rings. The molecule has 6 nitrogen and oxygen atoms in total. The molecule has 0 aliphatic carbocycles. The molecule has 4 rings (SSSR count). The molecule has 0 aliphatic heterocycles. The van der Waals surface area contributed by atoms with E-state index in [1.807, 2.05) is 48.5 Å². The van der Waals surface area contributed by atoms with E-state index in [4.69, 9.17) is 4.52 Å². The molecular weight excluding hydrogens is 386 g/mol. The van der Waals surface area contributed by atoms with Gasteiger partial charge in [-0.1, -0.05) is 59.8 Å². The first-order valence-electron chi connectivity index (χ1n) is 9.21. The Bertz CT molecular complexity index is 1270. The van der Waals surface area contributed by atoms with Gasteiger partial charge in [-0.05, 0) is 31.5 Å². The number of aryl methyl sites for hydroxylation is 1. The maximum absolute atomic E-state index is 13.0. The molecule has 1 heterocycles. The summed E-state index contributed by atoms with van der Waals surface area (Å²) in [5.74, 6) is 0.137. The summed E-state index contributed by atoms with van der Waals surface area (Å²) in [4.78, 5) is 0.187. The van der Waals surface area contributed by atoms with Crippen LogP contribution in [0.4, 0.5) is 11.6 Å². The minimum absolute atomic E-state index is 0.137. The first kappa shape index (κ1) is 19.0. The van der Waals surface area contributed by atoms with Crippen molar-refractivity contribution >= 4 is 32.4 Å². The predicted octanol–water partition coefficient (Wildman–Crippen LogP) is 4.86. The molecule has 1 aromatic heterocycles. The van der Waals surface area contributed by atoms with Crippen molar-refractivity contribution in [2.24, 2.45) is 0 Å². The zero-order valence-electron chi connectivity index (χ0n) is 16.1. The van der Waals surface area contributed by atoms with Crippen molar-refractivity contribution in [1.82, 2.24) is 5.16 Å². The van der Waals surface area contributed by atoms with Crippen LogP contribution in [-0.2, 0) is 16.6 Å². The van der Waals surface area contributed by atoms with Gasteiger partial charge in [-0.15, -0.1) is 0 Å². The fourth-order valence-corrected chi connectivity index (χ4v) is 4.42. The lowest BCUT2D eigenvalue weighted by Crippen LogP contribution is -2.13. The van der Waals surface area contributed by atoms with Crippen molar-refractivity contribution in [3.8, 4) is 0 Å². The molecule has 7 heteroatoms. The van der Waals surface area contributed by atoms with Crippen molar-refractivity contribution in [1.29, 1.82) is 0 Å². The third kappa shape index (κ3) is 3.82. The first-order valence-corrected chi connectivity index (χ1v) is 10.7. The monoisotopic (exact) mass is 407 g/mol. The molecule has 0 atom stereocenters. The van der Waals surface area contributed by atoms with Gasteiger partial charge in [-0.2, -0.15) is 0 Å². The van der Waals surface area contributed by atoms with Crippen molar-refractivity contribution < 1.29 is 12.9 Å². The van der Waals surface area contributed by atoms with Gasteiger partial charge >= 0.3 is 0 Å². The molecule has 0 amide bonds. The highest BCUT2D eigenvalue weighted by Gasteiger charge is 2.21. The quantitative estimate of drug-likeness (QED) is 0.477. The van der Waals surface area contributed by atoms with Gasteiger partial charge < -0.3 is 9.84 Å². The molecular formula is C22H21N3O3S. The third-order valence-corrected chi connectivity index (χ3v) is 6.27. The van der Waals surface area contributed by atoms with E-state index in [2.05, 4.69) is 15.2 Å². The van der Waals surface area contributed by atoms with Gasteiger partial charge in [0.2, 0.25) is 5.88 Å². The molecule has 29 heavy (non-hydrogen) atoms. The molecule has 0 aliphatic rings. The predicted molar refractivity (Wildman–Crippen MR) is 115 cm³/mol. The number of hydrogen-bond acceptors (Lipinski definition) is 5. The molecule has 2 N–H and O–H groups in total. The van der Waals surface area contributed by atoms with Crippen molar-refractivity contribution in [3.63, 3.8) is 0 Å². The van der Waals surface area contributed by atoms with E-state index in [1.165, 1.54) is 0 Å². The largest absolute Gasteiger partial charge is 0.380 e. The topological polar surface area (TPSA) is 84.2 Å². The summed E-state index contributed by atoms with van der Waals surface area (Å²) >= 11 is 0. The summed E-state index contributed by atoms with van der Waals surface area (Å²) < 4.78 is 33.7. The van der Waals surface area contributed by atoms with Gasteiger partial charge in [-0.3, -0.25) is 0 Å². The van der Waals surface area contributed by atoms with Crippen molar-refractivity contribution in [3.05, 3.63) is 83.6 Å². The van der Waals surface area contributed by atoms with Gasteiger partial charge in [0.1, 0.15) is 0 Å². The fourth-order valence-electron chi connectivity index (χ4n) is 3.15. The van der Waals surface area contributed by atoms with E-state index in [-0.39, 0.29) is 10.8 Å². The average molecular weight is 407 g/mol. The third-order valence-electron chi connectivity index (χ3n) is 4.88. The zero-order chi connectivity index (χ0) is 20.4. The molecule has 0 unspecified atom stereocenters. The molecule has 148 valence electrons. The van der Waals surface area contributed by atoms with Gasteiger partial charge in [0, 0.05) is 28.6 Å². The number of nitrogens with one attached hydrogen (secondary N) is 2. The Balaban J connectivity index is 1.69. The van der Waals surface area contributed by atoms with E-state index in [0.717, 1.165) is 16.6 Å². The second-order valence-electron chi connectivity index (χ2n) is 6.82. The number of rotatable bonds is 6. The van der Waals surface area contributed by atoms with Crippen LogP contribution < -0.4 is 10.0 Å². The maximum atomic E-state index is 13.0. The minimum atomic E-state index is -3.84. The van der Waals surface area contributed by atoms with E-state index in [1.54, 1.807) is 32.0 Å². The summed E-state index contributed by atoms with van der Waals surface area (Å²) in [5.41, 5.74) is 3.33. The second kappa shape index (κ2) is 7.60. The smallest absolute Gasteiger partial charge is 0.264 e. The highest BCUT2D eigenvalue weighted by molar-refractivity contribution is 7.93. The number of sulfonamides is 1. The SMILES string of the molecule is Cc1noc(NS(=O)(=O)c2cccc3c(NCc4ccccc4)cccc23)c1C. The van der Waals surface area contributed by atoms with E-state index in [0.29, 0.717) is 23.2 Å². The summed E-state index contributed by atoms with van der Waals surface area (Å²) in [5, 5.41) is 8.67. The Labute approximate surface area is 169 Å². The summed E-state index contributed by atoms with van der Waals surface area (Å²) in [6.45, 7) is 4.17. The Morgan fingerprint density at radius 2 is 1.62 bits per heavy atom. The van der Waals surface area contributed by atoms with Crippen LogP contribution in [0.3, 0.4) is 0 Å². The van der Waals surface area contributed by atoms with E-state index < -0.39 is 10.0 Å². The average Bonchev–Trinajstić information content (AvgIpc) is 3.04. The van der Waals surface area contributed by atoms with Crippen LogP contribution in [0, 0.1) is 13.8 Å². The van der Waals surface area contributed by atoms with Gasteiger partial charge in [0.05, 0.1) is 10.6 Å². The molecule has 0 fully saturated rings. The van der Waals surface area contributed by atoms with E-state index in [9.17, 15) is 8.42 Å². The van der Waals surface area contributed by atoms with Crippen LogP contribution in [0.1, 0.15) is 16.8 Å². The zero-order valence-corrected chi connectivity index (χ0v) is 17.0. The minimum Gasteiger partial charge on any atom is -0.380 e. The lowest BCUT2D eigenvalue weighted by Gasteiger charge is -2.13. The molecule has 0 saturated heterocycles. The van der Waals surface area contributed by atoms with Crippen LogP contribution in [0.5, 0.6) is 0 Å². The molecule has 0 saturated carbocycles. The molecule has 3 aromatic carbocycles. The van der Waals surface area contributed by atoms with Gasteiger partial charge in [0.15, 0.2) is 0 Å². The first-order chi connectivity index (χ1) is 14.0. The molecule has 0 spiro atoms. The normalized spacial score (nSPS) is 11.5. The Morgan fingerprint density at radius 1 is 0.897 bits per heavy atom. The summed E-state index contributed by atoms with van der Waals surface area (Å²) in [6.07, 6.45) is 0. The summed E-state index contributed by atoms with van der Waals surface area (Å²) in [6, 6.07) is 20.9. The lowest BCUT2D eigenvalue weighted by molar-refractivity contribution is 0.430. The Hall–Kier alpha value is -3.32. The van der Waals surface area contributed by atoms with Crippen LogP contribution in [0.2, 0.25) is 0 Å². The number of anilines is 2. The van der Waals surface area contributed by atoms with E-state index >= 15 is 0 Å². The van der Waals surface area contributed by atoms with Crippen molar-refractivity contribution in [2.75, 3.05) is 10.0 Å². The molecule has 0 bridgehead atoms. The van der Waals surface area contributed by atoms with Crippen LogP contribution in [0.15, 0.2) is 76.1 Å². The highest BCUT2D eigenvalue weighted by Crippen LogP contribution is 2.31. The molecule has 0 radical (unpaired) electrons. The van der Waals surface area contributed by atoms with Crippen LogP contribution in [0.25, 0.3) is 10.8 Å². The van der Waals surface area contributed by atoms with Gasteiger partial charge in [-0.25, -0.2) is 13.1 Å². The fraction of sp³-hybridized carbons (Fsp3) is 0.136. The number of benzene rings is 3. The number of aromatic nitrogens is 1. The van der Waals surface area contributed by atoms with Crippen molar-refractivity contribution in [2.45, 2.75) is 25.3 Å². The number of hydrogen-bond donors (Lipinski definition) is 2. The highest BCUT2D eigenvalue weighted by atomic mass is 32.2. The summed E-state index contributed by atoms with van der Waals surface area (Å²) in [7, 11) is -3.84. The maximum Gasteiger partial charge on any atom is 0.264 e. The Kier molecular flexibility index (Phi) is 4.98. The number of fused-ring (bicyclic) bond motifs is 1. The van der Waals surface area contributed by atoms with Gasteiger partial charge in [0.25, 0.3) is 10.0 Å². The van der Waals surface area contributed by atoms with Crippen LogP contribution in [-0.4, -0.2) is 13.6 Å². The lowest BCUT2D eigenvalue weighted by atomic mass is 10.1. The number of nitrogens with zero attached hydrogens (tertiary/aromatic N) is 1. The Morgan fingerprint density at radius 3 is 2.34 bits per heavy atom.